The maximum atomic E-state index is 13.8. The molecule has 0 aliphatic carbocycles. The summed E-state index contributed by atoms with van der Waals surface area (Å²) >= 11 is 0. The molecule has 4 N–H and O–H groups in total. The number of hydrogen-bond donors (Lipinski definition) is 3. The summed E-state index contributed by atoms with van der Waals surface area (Å²) in [4.78, 5) is 78.7. The number of ether oxygens (including phenoxy) is 2. The lowest BCUT2D eigenvalue weighted by Gasteiger charge is -2.24. The van der Waals surface area contributed by atoms with Crippen molar-refractivity contribution < 1.29 is 41.8 Å². The van der Waals surface area contributed by atoms with Gasteiger partial charge < -0.3 is 20.5 Å². The van der Waals surface area contributed by atoms with Crippen LogP contribution in [0, 0.1) is 0 Å². The molecule has 1 aromatic carbocycles. The largest absolute Gasteiger partial charge is 0.471 e. The first-order valence-corrected chi connectivity index (χ1v) is 22.5. The van der Waals surface area contributed by atoms with E-state index in [-0.39, 0.29) is 60.1 Å². The van der Waals surface area contributed by atoms with Gasteiger partial charge in [0.25, 0.3) is 11.5 Å². The predicted molar refractivity (Wildman–Crippen MR) is 232 cm³/mol. The molecule has 0 unspecified atom stereocenters. The fourth-order valence-electron chi connectivity index (χ4n) is 6.90. The average molecular weight is 874 g/mol. The van der Waals surface area contributed by atoms with E-state index in [1.54, 1.807) is 0 Å². The zero-order valence-corrected chi connectivity index (χ0v) is 36.5. The van der Waals surface area contributed by atoms with Gasteiger partial charge in [0, 0.05) is 17.7 Å². The smallest absolute Gasteiger partial charge is 0.466 e. The van der Waals surface area contributed by atoms with Crippen molar-refractivity contribution in [3.63, 3.8) is 0 Å². The van der Waals surface area contributed by atoms with Crippen molar-refractivity contribution in [1.82, 2.24) is 25.3 Å². The molecule has 3 rings (SSSR count). The minimum Gasteiger partial charge on any atom is -0.466 e. The molecular weight excluding hydrogens is 808 g/mol. The van der Waals surface area contributed by atoms with E-state index in [4.69, 9.17) is 15.2 Å². The summed E-state index contributed by atoms with van der Waals surface area (Å²) in [6.07, 6.45) is 17.9. The molecule has 2 heterocycles. The number of benzene rings is 1. The lowest BCUT2D eigenvalue weighted by Crippen LogP contribution is -2.42. The summed E-state index contributed by atoms with van der Waals surface area (Å²) in [6, 6.07) is 3.44. The fraction of sp³-hybridized carbons (Fsp3) is 0.644. The molecule has 0 aliphatic heterocycles. The number of nitrogens with zero attached hydrogens (tertiary/aromatic N) is 4. The topological polar surface area (TPSA) is 200 Å². The molecule has 0 saturated heterocycles. The number of alkyl halides is 3. The summed E-state index contributed by atoms with van der Waals surface area (Å²) in [7, 11) is 0. The summed E-state index contributed by atoms with van der Waals surface area (Å²) in [6.45, 7) is 4.06. The Kier molecular flexibility index (Phi) is 23.6. The van der Waals surface area contributed by atoms with E-state index in [1.807, 2.05) is 0 Å². The summed E-state index contributed by atoms with van der Waals surface area (Å²) in [5.74, 6) is -4.44. The van der Waals surface area contributed by atoms with Crippen LogP contribution in [-0.2, 0) is 30.4 Å². The van der Waals surface area contributed by atoms with E-state index in [2.05, 4.69) is 39.1 Å². The highest BCUT2D eigenvalue weighted by Gasteiger charge is 2.43. The van der Waals surface area contributed by atoms with Crippen molar-refractivity contribution >= 4 is 46.6 Å². The number of halogens is 3. The fourth-order valence-corrected chi connectivity index (χ4v) is 6.90. The lowest BCUT2D eigenvalue weighted by molar-refractivity contribution is -0.170. The third-order valence-electron chi connectivity index (χ3n) is 10.5. The Bertz CT molecular complexity index is 1880. The highest BCUT2D eigenvalue weighted by atomic mass is 19.4. The van der Waals surface area contributed by atoms with Crippen molar-refractivity contribution in [2.45, 2.75) is 174 Å². The van der Waals surface area contributed by atoms with E-state index in [0.717, 1.165) is 63.3 Å². The van der Waals surface area contributed by atoms with Gasteiger partial charge in [-0.25, -0.2) is 14.8 Å². The monoisotopic (exact) mass is 873 g/mol. The molecule has 0 saturated carbocycles. The van der Waals surface area contributed by atoms with Crippen LogP contribution < -0.4 is 21.5 Å². The second-order valence-corrected chi connectivity index (χ2v) is 15.7. The number of anilines is 2. The first-order chi connectivity index (χ1) is 29.8. The Balaban J connectivity index is 1.61. The molecule has 0 fully saturated rings. The molecule has 17 heteroatoms. The number of aromatic amines is 1. The number of H-pyrrole nitrogens is 1. The molecule has 344 valence electrons. The number of hydrogen-bond acceptors (Lipinski definition) is 11. The molecule has 62 heavy (non-hydrogen) atoms. The maximum Gasteiger partial charge on any atom is 0.471 e. The van der Waals surface area contributed by atoms with Crippen LogP contribution in [0.4, 0.5) is 24.8 Å². The number of nitrogen functional groups attached to an aromatic ring is 1. The molecule has 0 radical (unpaired) electrons. The van der Waals surface area contributed by atoms with E-state index in [0.29, 0.717) is 11.3 Å². The van der Waals surface area contributed by atoms with Crippen LogP contribution >= 0.6 is 0 Å². The number of esters is 2. The van der Waals surface area contributed by atoms with Gasteiger partial charge in [-0.3, -0.25) is 29.1 Å². The predicted octanol–water partition coefficient (Wildman–Crippen LogP) is 9.20. The molecular formula is C45H66F3N7O7. The van der Waals surface area contributed by atoms with Crippen LogP contribution in [0.2, 0.25) is 0 Å². The molecule has 3 aromatic rings. The van der Waals surface area contributed by atoms with Crippen molar-refractivity contribution in [3.05, 3.63) is 52.1 Å². The van der Waals surface area contributed by atoms with E-state index in [9.17, 15) is 37.1 Å². The number of rotatable bonds is 31. The van der Waals surface area contributed by atoms with Gasteiger partial charge in [-0.1, -0.05) is 129 Å². The molecule has 2 aromatic heterocycles. The van der Waals surface area contributed by atoms with Crippen LogP contribution in [0.25, 0.3) is 11.2 Å². The number of nitrogens with one attached hydrogen (secondary N) is 2. The lowest BCUT2D eigenvalue weighted by atomic mass is 10.1. The van der Waals surface area contributed by atoms with Crippen LogP contribution in [0.1, 0.15) is 171 Å². The van der Waals surface area contributed by atoms with Gasteiger partial charge in [0.1, 0.15) is 6.04 Å². The summed E-state index contributed by atoms with van der Waals surface area (Å²) in [5.41, 5.74) is 3.89. The van der Waals surface area contributed by atoms with Crippen molar-refractivity contribution in [1.29, 1.82) is 0 Å². The Morgan fingerprint density at radius 1 is 0.758 bits per heavy atom. The zero-order valence-electron chi connectivity index (χ0n) is 36.5. The molecule has 0 spiro atoms. The van der Waals surface area contributed by atoms with E-state index >= 15 is 0 Å². The highest BCUT2D eigenvalue weighted by molar-refractivity contribution is 5.99. The average Bonchev–Trinajstić information content (AvgIpc) is 3.24. The molecule has 0 aliphatic rings. The van der Waals surface area contributed by atoms with Gasteiger partial charge >= 0.3 is 24.0 Å². The van der Waals surface area contributed by atoms with E-state index in [1.165, 1.54) is 89.2 Å². The van der Waals surface area contributed by atoms with Crippen LogP contribution in [0.15, 0.2) is 35.3 Å². The first kappa shape index (κ1) is 51.3. The third kappa shape index (κ3) is 19.3. The molecule has 0 bridgehead atoms. The summed E-state index contributed by atoms with van der Waals surface area (Å²) in [5, 5.41) is 2.60. The van der Waals surface area contributed by atoms with Gasteiger partial charge in [-0.2, -0.15) is 18.2 Å². The minimum absolute atomic E-state index is 0.0371. The molecule has 2 amide bonds. The molecule has 1 atom stereocenters. The van der Waals surface area contributed by atoms with Gasteiger partial charge in [-0.15, -0.1) is 0 Å². The number of amides is 2. The van der Waals surface area contributed by atoms with Crippen molar-refractivity contribution in [2.75, 3.05) is 23.8 Å². The Morgan fingerprint density at radius 2 is 1.27 bits per heavy atom. The zero-order chi connectivity index (χ0) is 45.2. The second kappa shape index (κ2) is 28.5. The minimum atomic E-state index is -5.29. The molecule has 14 nitrogen and oxygen atoms in total. The number of unbranched alkanes of at least 4 members (excludes halogenated alkanes) is 18. The van der Waals surface area contributed by atoms with Crippen molar-refractivity contribution in [2.24, 2.45) is 0 Å². The Labute approximate surface area is 362 Å². The standard InChI is InChI=1S/C45H66F3N7O7/c1-3-5-7-9-11-13-15-17-19-21-29-61-37(56)28-27-36(42(59)62-30-22-20-18-16-14-12-10-8-6-4-2)52-40(57)33-23-25-35(26-24-33)55(43(60)45(46,47)48)32-34-31-50-39-38(51-34)41(58)54-44(49)53-39/h23-26,31,36H,3-22,27-30,32H2,1-2H3,(H,52,57)(H3,49,50,53,54,58)/t36-/m0/s1. The van der Waals surface area contributed by atoms with Gasteiger partial charge in [0.05, 0.1) is 31.6 Å². The van der Waals surface area contributed by atoms with Gasteiger partial charge in [-0.05, 0) is 43.5 Å². The van der Waals surface area contributed by atoms with Crippen LogP contribution in [-0.4, -0.2) is 69.1 Å². The number of carbonyl (C=O) groups is 4. The van der Waals surface area contributed by atoms with Crippen LogP contribution in [0.5, 0.6) is 0 Å². The Hall–Kier alpha value is -5.09. The van der Waals surface area contributed by atoms with E-state index < -0.39 is 48.1 Å². The quantitative estimate of drug-likeness (QED) is 0.0411. The normalized spacial score (nSPS) is 12.0. The van der Waals surface area contributed by atoms with Crippen molar-refractivity contribution in [3.8, 4) is 0 Å². The number of nitrogens with two attached hydrogens (primary N) is 1. The number of fused-ring (bicyclic) bond motifs is 1. The van der Waals surface area contributed by atoms with Gasteiger partial charge in [0.15, 0.2) is 11.2 Å². The SMILES string of the molecule is CCCCCCCCCCCCOC(=O)CC[C@H](NC(=O)c1ccc(N(Cc2cnc3nc(N)[nH]c(=O)c3n2)C(=O)C(F)(F)F)cc1)C(=O)OCCCCCCCCCCCC. The Morgan fingerprint density at radius 3 is 1.81 bits per heavy atom. The number of carbonyl (C=O) groups excluding carboxylic acids is 4. The van der Waals surface area contributed by atoms with Gasteiger partial charge in [0.2, 0.25) is 5.95 Å². The number of aromatic nitrogens is 4. The third-order valence-corrected chi connectivity index (χ3v) is 10.5. The highest BCUT2D eigenvalue weighted by Crippen LogP contribution is 2.26. The second-order valence-electron chi connectivity index (χ2n) is 15.7. The maximum absolute atomic E-state index is 13.8. The first-order valence-electron chi connectivity index (χ1n) is 22.5. The van der Waals surface area contributed by atoms with Crippen LogP contribution in [0.3, 0.4) is 0 Å². The summed E-state index contributed by atoms with van der Waals surface area (Å²) < 4.78 is 52.2.